The normalized spacial score (nSPS) is 9.64. The van der Waals surface area contributed by atoms with Crippen molar-refractivity contribution in [3.63, 3.8) is 0 Å². The highest BCUT2D eigenvalue weighted by molar-refractivity contribution is 6.25. The van der Waals surface area contributed by atoms with Crippen molar-refractivity contribution in [2.45, 2.75) is 6.92 Å². The average molecular weight is 214 g/mol. The molecule has 0 spiro atoms. The highest BCUT2D eigenvalue weighted by Gasteiger charge is 2.05. The lowest BCUT2D eigenvalue weighted by atomic mass is 10.2. The number of halogens is 1. The fraction of sp³-hybridized carbons (Fsp3) is 0.333. The molecule has 0 radical (unpaired) electrons. The molecule has 0 aliphatic rings. The standard InChI is InChI=1S/C9H12ClN3O/c1-3-13(10)8-5-4-7(6-12-8)9(14)11-2/h4-6H,3H2,1-2H3,(H,11,14). The summed E-state index contributed by atoms with van der Waals surface area (Å²) in [7, 11) is 1.58. The summed E-state index contributed by atoms with van der Waals surface area (Å²) in [5, 5.41) is 2.52. The number of hydrogen-bond donors (Lipinski definition) is 1. The number of amides is 1. The summed E-state index contributed by atoms with van der Waals surface area (Å²) in [5.74, 6) is 0.489. The van der Waals surface area contributed by atoms with Crippen LogP contribution in [-0.2, 0) is 0 Å². The molecular weight excluding hydrogens is 202 g/mol. The molecule has 0 saturated heterocycles. The van der Waals surface area contributed by atoms with Crippen molar-refractivity contribution in [1.82, 2.24) is 10.3 Å². The van der Waals surface area contributed by atoms with Gasteiger partial charge in [-0.25, -0.2) is 4.98 Å². The molecule has 0 aromatic carbocycles. The van der Waals surface area contributed by atoms with E-state index in [0.717, 1.165) is 0 Å². The minimum Gasteiger partial charge on any atom is -0.355 e. The molecule has 0 fully saturated rings. The topological polar surface area (TPSA) is 45.2 Å². The van der Waals surface area contributed by atoms with Gasteiger partial charge < -0.3 is 5.32 Å². The van der Waals surface area contributed by atoms with E-state index < -0.39 is 0 Å². The zero-order chi connectivity index (χ0) is 10.6. The lowest BCUT2D eigenvalue weighted by Crippen LogP contribution is -2.18. The second-order valence-electron chi connectivity index (χ2n) is 2.66. The van der Waals surface area contributed by atoms with Crippen LogP contribution in [0.2, 0.25) is 0 Å². The molecule has 14 heavy (non-hydrogen) atoms. The van der Waals surface area contributed by atoms with Gasteiger partial charge in [-0.15, -0.1) is 0 Å². The Hall–Kier alpha value is -1.29. The van der Waals surface area contributed by atoms with Crippen LogP contribution < -0.4 is 9.74 Å². The van der Waals surface area contributed by atoms with Gasteiger partial charge in [-0.05, 0) is 19.1 Å². The summed E-state index contributed by atoms with van der Waals surface area (Å²) in [5.41, 5.74) is 0.525. The summed E-state index contributed by atoms with van der Waals surface area (Å²) < 4.78 is 1.48. The second kappa shape index (κ2) is 4.81. The van der Waals surface area contributed by atoms with Crippen molar-refractivity contribution in [3.05, 3.63) is 23.9 Å². The molecule has 0 aliphatic heterocycles. The zero-order valence-corrected chi connectivity index (χ0v) is 8.88. The molecule has 1 heterocycles. The number of hydrogen-bond acceptors (Lipinski definition) is 3. The average Bonchev–Trinajstić information content (AvgIpc) is 2.27. The minimum atomic E-state index is -0.151. The van der Waals surface area contributed by atoms with Gasteiger partial charge in [0.2, 0.25) is 0 Å². The number of carbonyl (C=O) groups is 1. The Morgan fingerprint density at radius 3 is 2.79 bits per heavy atom. The van der Waals surface area contributed by atoms with Crippen LogP contribution in [0.15, 0.2) is 18.3 Å². The van der Waals surface area contributed by atoms with Crippen LogP contribution in [0.4, 0.5) is 5.82 Å². The summed E-state index contributed by atoms with van der Waals surface area (Å²) >= 11 is 5.83. The molecule has 0 bridgehead atoms. The molecule has 1 aromatic rings. The van der Waals surface area contributed by atoms with E-state index in [2.05, 4.69) is 10.3 Å². The molecule has 0 unspecified atom stereocenters. The molecule has 0 aliphatic carbocycles. The summed E-state index contributed by atoms with van der Waals surface area (Å²) in [6.07, 6.45) is 1.50. The van der Waals surface area contributed by atoms with E-state index in [1.165, 1.54) is 10.6 Å². The molecular formula is C9H12ClN3O. The fourth-order valence-corrected chi connectivity index (χ4v) is 1.07. The number of rotatable bonds is 3. The van der Waals surface area contributed by atoms with Gasteiger partial charge in [0.15, 0.2) is 0 Å². The van der Waals surface area contributed by atoms with Gasteiger partial charge in [0.05, 0.1) is 5.56 Å². The first kappa shape index (κ1) is 10.8. The molecule has 4 nitrogen and oxygen atoms in total. The molecule has 1 N–H and O–H groups in total. The van der Waals surface area contributed by atoms with E-state index in [0.29, 0.717) is 17.9 Å². The third kappa shape index (κ3) is 2.35. The quantitative estimate of drug-likeness (QED) is 0.773. The third-order valence-electron chi connectivity index (χ3n) is 1.76. The number of aromatic nitrogens is 1. The Bertz CT molecular complexity index is 312. The van der Waals surface area contributed by atoms with Crippen LogP contribution in [0, 0.1) is 0 Å². The van der Waals surface area contributed by atoms with Gasteiger partial charge in [0, 0.05) is 31.6 Å². The molecule has 0 saturated carbocycles. The number of nitrogens with zero attached hydrogens (tertiary/aromatic N) is 2. The van der Waals surface area contributed by atoms with Crippen LogP contribution in [-0.4, -0.2) is 24.5 Å². The maximum absolute atomic E-state index is 11.2. The largest absolute Gasteiger partial charge is 0.355 e. The summed E-state index contributed by atoms with van der Waals surface area (Å²) in [6, 6.07) is 3.40. The number of pyridine rings is 1. The third-order valence-corrected chi connectivity index (χ3v) is 2.18. The van der Waals surface area contributed by atoms with E-state index in [1.54, 1.807) is 19.2 Å². The van der Waals surface area contributed by atoms with E-state index in [4.69, 9.17) is 11.8 Å². The van der Waals surface area contributed by atoms with Gasteiger partial charge in [0.1, 0.15) is 5.82 Å². The fourth-order valence-electron chi connectivity index (χ4n) is 0.970. The molecule has 76 valence electrons. The van der Waals surface area contributed by atoms with Crippen LogP contribution in [0.3, 0.4) is 0 Å². The van der Waals surface area contributed by atoms with Crippen LogP contribution in [0.1, 0.15) is 17.3 Å². The minimum absolute atomic E-state index is 0.151. The maximum atomic E-state index is 11.2. The van der Waals surface area contributed by atoms with Gasteiger partial charge in [-0.3, -0.25) is 9.21 Å². The van der Waals surface area contributed by atoms with Gasteiger partial charge in [-0.2, -0.15) is 0 Å². The lowest BCUT2D eigenvalue weighted by molar-refractivity contribution is 0.0963. The summed E-state index contributed by atoms with van der Waals surface area (Å²) in [6.45, 7) is 2.58. The maximum Gasteiger partial charge on any atom is 0.252 e. The van der Waals surface area contributed by atoms with Crippen LogP contribution in [0.5, 0.6) is 0 Å². The molecule has 5 heteroatoms. The number of carbonyl (C=O) groups excluding carboxylic acids is 1. The zero-order valence-electron chi connectivity index (χ0n) is 8.12. The molecule has 1 amide bonds. The SMILES string of the molecule is CCN(Cl)c1ccc(C(=O)NC)cn1. The highest BCUT2D eigenvalue weighted by atomic mass is 35.5. The van der Waals surface area contributed by atoms with Crippen molar-refractivity contribution in [3.8, 4) is 0 Å². The van der Waals surface area contributed by atoms with E-state index in [1.807, 2.05) is 6.92 Å². The van der Waals surface area contributed by atoms with Crippen molar-refractivity contribution in [2.24, 2.45) is 0 Å². The van der Waals surface area contributed by atoms with Crippen molar-refractivity contribution >= 4 is 23.5 Å². The first-order valence-corrected chi connectivity index (χ1v) is 4.64. The van der Waals surface area contributed by atoms with E-state index >= 15 is 0 Å². The molecule has 1 rings (SSSR count). The first-order valence-electron chi connectivity index (χ1n) is 4.30. The summed E-state index contributed by atoms with van der Waals surface area (Å²) in [4.78, 5) is 15.2. The highest BCUT2D eigenvalue weighted by Crippen LogP contribution is 2.12. The van der Waals surface area contributed by atoms with Crippen LogP contribution >= 0.6 is 11.8 Å². The number of nitrogens with one attached hydrogen (secondary N) is 1. The van der Waals surface area contributed by atoms with Crippen LogP contribution in [0.25, 0.3) is 0 Å². The molecule has 0 atom stereocenters. The second-order valence-corrected chi connectivity index (χ2v) is 3.07. The Morgan fingerprint density at radius 1 is 1.64 bits per heavy atom. The number of anilines is 1. The Kier molecular flexibility index (Phi) is 3.71. The predicted octanol–water partition coefficient (Wildman–Crippen LogP) is 1.42. The Balaban J connectivity index is 2.83. The monoisotopic (exact) mass is 213 g/mol. The first-order chi connectivity index (χ1) is 6.69. The Morgan fingerprint density at radius 2 is 2.36 bits per heavy atom. The van der Waals surface area contributed by atoms with E-state index in [9.17, 15) is 4.79 Å². The smallest absolute Gasteiger partial charge is 0.252 e. The van der Waals surface area contributed by atoms with Gasteiger partial charge in [0.25, 0.3) is 5.91 Å². The van der Waals surface area contributed by atoms with Gasteiger partial charge >= 0.3 is 0 Å². The van der Waals surface area contributed by atoms with E-state index in [-0.39, 0.29) is 5.91 Å². The lowest BCUT2D eigenvalue weighted by Gasteiger charge is -2.11. The predicted molar refractivity (Wildman–Crippen MR) is 56.5 cm³/mol. The van der Waals surface area contributed by atoms with Crippen molar-refractivity contribution < 1.29 is 4.79 Å². The van der Waals surface area contributed by atoms with Crippen molar-refractivity contribution in [1.29, 1.82) is 0 Å². The van der Waals surface area contributed by atoms with Gasteiger partial charge in [-0.1, -0.05) is 0 Å². The molecule has 1 aromatic heterocycles. The Labute approximate surface area is 88.0 Å². The van der Waals surface area contributed by atoms with Crippen molar-refractivity contribution in [2.75, 3.05) is 18.0 Å².